The first kappa shape index (κ1) is 15.0. The van der Waals surface area contributed by atoms with Gasteiger partial charge in [0.15, 0.2) is 0 Å². The number of nitrogens with one attached hydrogen (secondary N) is 1. The van der Waals surface area contributed by atoms with Gasteiger partial charge < -0.3 is 11.1 Å². The second kappa shape index (κ2) is 5.72. The van der Waals surface area contributed by atoms with Crippen molar-refractivity contribution in [2.75, 3.05) is 6.54 Å². The minimum Gasteiger partial charge on any atom is -0.348 e. The van der Waals surface area contributed by atoms with E-state index in [1.165, 1.54) is 11.1 Å². The standard InChI is InChI=1S/C14H20N2O.ClH/c1-14(2)8-7-12(16-13(17)9-15)10-5-3-4-6-11(10)14;/h3-6,12H,7-9,15H2,1-2H3,(H,16,17);1H. The Bertz CT molecular complexity index is 432. The Balaban J connectivity index is 0.00000162. The predicted octanol–water partition coefficient (Wildman–Crippen LogP) is 2.30. The van der Waals surface area contributed by atoms with Crippen molar-refractivity contribution in [2.24, 2.45) is 5.73 Å². The van der Waals surface area contributed by atoms with Crippen molar-refractivity contribution >= 4 is 18.3 Å². The van der Waals surface area contributed by atoms with Crippen LogP contribution in [0, 0.1) is 0 Å². The largest absolute Gasteiger partial charge is 0.348 e. The summed E-state index contributed by atoms with van der Waals surface area (Å²) in [5.41, 5.74) is 8.13. The average Bonchev–Trinajstić information content (AvgIpc) is 2.33. The zero-order chi connectivity index (χ0) is 12.5. The number of benzene rings is 1. The van der Waals surface area contributed by atoms with Gasteiger partial charge in [0.1, 0.15) is 0 Å². The summed E-state index contributed by atoms with van der Waals surface area (Å²) in [6.07, 6.45) is 2.06. The maximum atomic E-state index is 11.4. The molecule has 1 atom stereocenters. The van der Waals surface area contributed by atoms with Crippen molar-refractivity contribution in [2.45, 2.75) is 38.1 Å². The zero-order valence-corrected chi connectivity index (χ0v) is 11.7. The number of halogens is 1. The molecular formula is C14H21ClN2O. The highest BCUT2D eigenvalue weighted by atomic mass is 35.5. The summed E-state index contributed by atoms with van der Waals surface area (Å²) in [5, 5.41) is 3.00. The molecule has 0 aliphatic heterocycles. The topological polar surface area (TPSA) is 55.1 Å². The van der Waals surface area contributed by atoms with Gasteiger partial charge in [-0.25, -0.2) is 0 Å². The van der Waals surface area contributed by atoms with Gasteiger partial charge >= 0.3 is 0 Å². The molecule has 1 aromatic rings. The molecule has 3 nitrogen and oxygen atoms in total. The normalized spacial score (nSPS) is 20.5. The Hall–Kier alpha value is -1.06. The minimum absolute atomic E-state index is 0. The molecule has 0 aromatic heterocycles. The van der Waals surface area contributed by atoms with E-state index >= 15 is 0 Å². The van der Waals surface area contributed by atoms with Gasteiger partial charge in [-0.15, -0.1) is 12.4 Å². The molecule has 2 rings (SSSR count). The summed E-state index contributed by atoms with van der Waals surface area (Å²) in [4.78, 5) is 11.4. The van der Waals surface area contributed by atoms with E-state index < -0.39 is 0 Å². The second-order valence-corrected chi connectivity index (χ2v) is 5.33. The number of amides is 1. The molecule has 0 radical (unpaired) electrons. The first-order valence-electron chi connectivity index (χ1n) is 6.13. The van der Waals surface area contributed by atoms with Gasteiger partial charge in [-0.1, -0.05) is 38.1 Å². The van der Waals surface area contributed by atoms with E-state index in [4.69, 9.17) is 5.73 Å². The van der Waals surface area contributed by atoms with Gasteiger partial charge in [0, 0.05) is 0 Å². The summed E-state index contributed by atoms with van der Waals surface area (Å²) in [6, 6.07) is 8.49. The molecule has 1 aromatic carbocycles. The highest BCUT2D eigenvalue weighted by Gasteiger charge is 2.32. The lowest BCUT2D eigenvalue weighted by molar-refractivity contribution is -0.120. The van der Waals surface area contributed by atoms with Gasteiger partial charge in [-0.2, -0.15) is 0 Å². The first-order chi connectivity index (χ1) is 8.04. The molecule has 1 aliphatic rings. The maximum absolute atomic E-state index is 11.4. The molecular weight excluding hydrogens is 248 g/mol. The Morgan fingerprint density at radius 1 is 1.44 bits per heavy atom. The fourth-order valence-electron chi connectivity index (χ4n) is 2.62. The number of carbonyl (C=O) groups excluding carboxylic acids is 1. The van der Waals surface area contributed by atoms with E-state index in [0.29, 0.717) is 0 Å². The fraction of sp³-hybridized carbons (Fsp3) is 0.500. The molecule has 1 unspecified atom stereocenters. The van der Waals surface area contributed by atoms with Gasteiger partial charge in [-0.3, -0.25) is 4.79 Å². The first-order valence-corrected chi connectivity index (χ1v) is 6.13. The van der Waals surface area contributed by atoms with Crippen molar-refractivity contribution in [3.05, 3.63) is 35.4 Å². The Kier molecular flexibility index (Phi) is 4.77. The highest BCUT2D eigenvalue weighted by Crippen LogP contribution is 2.41. The molecule has 1 amide bonds. The van der Waals surface area contributed by atoms with Crippen LogP contribution in [0.15, 0.2) is 24.3 Å². The number of hydrogen-bond acceptors (Lipinski definition) is 2. The van der Waals surface area contributed by atoms with Gasteiger partial charge in [0.05, 0.1) is 12.6 Å². The SMILES string of the molecule is CC1(C)CCC(NC(=O)CN)c2ccccc21.Cl. The smallest absolute Gasteiger partial charge is 0.234 e. The molecule has 0 bridgehead atoms. The molecule has 0 spiro atoms. The lowest BCUT2D eigenvalue weighted by atomic mass is 9.71. The van der Waals surface area contributed by atoms with E-state index in [9.17, 15) is 4.79 Å². The van der Waals surface area contributed by atoms with Gasteiger partial charge in [0.2, 0.25) is 5.91 Å². The van der Waals surface area contributed by atoms with Crippen LogP contribution in [0.3, 0.4) is 0 Å². The molecule has 0 fully saturated rings. The Labute approximate surface area is 115 Å². The van der Waals surface area contributed by atoms with Crippen molar-refractivity contribution in [1.29, 1.82) is 0 Å². The molecule has 3 N–H and O–H groups in total. The molecule has 1 aliphatic carbocycles. The number of carbonyl (C=O) groups is 1. The Morgan fingerprint density at radius 3 is 2.78 bits per heavy atom. The van der Waals surface area contributed by atoms with Crippen molar-refractivity contribution in [3.8, 4) is 0 Å². The summed E-state index contributed by atoms with van der Waals surface area (Å²) in [7, 11) is 0. The van der Waals surface area contributed by atoms with E-state index in [1.54, 1.807) is 0 Å². The predicted molar refractivity (Wildman–Crippen MR) is 75.9 cm³/mol. The quantitative estimate of drug-likeness (QED) is 0.865. The third-order valence-corrected chi connectivity index (χ3v) is 3.64. The number of hydrogen-bond donors (Lipinski definition) is 2. The highest BCUT2D eigenvalue weighted by molar-refractivity contribution is 5.85. The summed E-state index contributed by atoms with van der Waals surface area (Å²) >= 11 is 0. The minimum atomic E-state index is -0.0792. The lowest BCUT2D eigenvalue weighted by Crippen LogP contribution is -2.38. The lowest BCUT2D eigenvalue weighted by Gasteiger charge is -2.37. The summed E-state index contributed by atoms with van der Waals surface area (Å²) < 4.78 is 0. The van der Waals surface area contributed by atoms with Gasteiger partial charge in [-0.05, 0) is 29.4 Å². The van der Waals surface area contributed by atoms with Crippen LogP contribution in [-0.2, 0) is 10.2 Å². The monoisotopic (exact) mass is 268 g/mol. The van der Waals surface area contributed by atoms with Crippen LogP contribution in [0.25, 0.3) is 0 Å². The second-order valence-electron chi connectivity index (χ2n) is 5.33. The van der Waals surface area contributed by atoms with Crippen molar-refractivity contribution < 1.29 is 4.79 Å². The van der Waals surface area contributed by atoms with Crippen LogP contribution < -0.4 is 11.1 Å². The van der Waals surface area contributed by atoms with E-state index in [0.717, 1.165) is 12.8 Å². The van der Waals surface area contributed by atoms with Crippen LogP contribution in [0.2, 0.25) is 0 Å². The van der Waals surface area contributed by atoms with E-state index in [1.807, 2.05) is 6.07 Å². The van der Waals surface area contributed by atoms with Crippen molar-refractivity contribution in [1.82, 2.24) is 5.32 Å². The molecule has 100 valence electrons. The molecule has 0 saturated carbocycles. The van der Waals surface area contributed by atoms with Crippen LogP contribution in [-0.4, -0.2) is 12.5 Å². The van der Waals surface area contributed by atoms with Crippen LogP contribution in [0.5, 0.6) is 0 Å². The number of rotatable bonds is 2. The Morgan fingerprint density at radius 2 is 2.11 bits per heavy atom. The molecule has 0 heterocycles. The van der Waals surface area contributed by atoms with Crippen LogP contribution in [0.4, 0.5) is 0 Å². The van der Waals surface area contributed by atoms with Crippen LogP contribution >= 0.6 is 12.4 Å². The average molecular weight is 269 g/mol. The summed E-state index contributed by atoms with van der Waals surface area (Å²) in [5.74, 6) is -0.0792. The molecule has 0 saturated heterocycles. The van der Waals surface area contributed by atoms with Gasteiger partial charge in [0.25, 0.3) is 0 Å². The third-order valence-electron chi connectivity index (χ3n) is 3.64. The van der Waals surface area contributed by atoms with E-state index in [-0.39, 0.29) is 36.3 Å². The molecule has 18 heavy (non-hydrogen) atoms. The third kappa shape index (κ3) is 2.85. The fourth-order valence-corrected chi connectivity index (χ4v) is 2.62. The van der Waals surface area contributed by atoms with E-state index in [2.05, 4.69) is 37.4 Å². The zero-order valence-electron chi connectivity index (χ0n) is 10.9. The maximum Gasteiger partial charge on any atom is 0.234 e. The molecule has 4 heteroatoms. The van der Waals surface area contributed by atoms with Crippen molar-refractivity contribution in [3.63, 3.8) is 0 Å². The number of nitrogens with two attached hydrogens (primary N) is 1. The summed E-state index contributed by atoms with van der Waals surface area (Å²) in [6.45, 7) is 4.57. The van der Waals surface area contributed by atoms with Crippen LogP contribution in [0.1, 0.15) is 43.9 Å². The number of fused-ring (bicyclic) bond motifs is 1.